The predicted molar refractivity (Wildman–Crippen MR) is 72.7 cm³/mol. The third-order valence-electron chi connectivity index (χ3n) is 3.15. The fraction of sp³-hybridized carbons (Fsp3) is 0.0769. The van der Waals surface area contributed by atoms with Gasteiger partial charge in [-0.2, -0.15) is 5.10 Å². The van der Waals surface area contributed by atoms with Gasteiger partial charge in [0.15, 0.2) is 5.65 Å². The van der Waals surface area contributed by atoms with E-state index >= 15 is 0 Å². The highest BCUT2D eigenvalue weighted by Gasteiger charge is 2.09. The quantitative estimate of drug-likeness (QED) is 0.729. The van der Waals surface area contributed by atoms with Gasteiger partial charge in [0.05, 0.1) is 18.1 Å². The van der Waals surface area contributed by atoms with Crippen molar-refractivity contribution in [1.29, 1.82) is 0 Å². The summed E-state index contributed by atoms with van der Waals surface area (Å²) in [5, 5.41) is 11.0. The van der Waals surface area contributed by atoms with Crippen molar-refractivity contribution in [2.24, 2.45) is 4.99 Å². The Morgan fingerprint density at radius 3 is 3.21 bits per heavy atom. The fourth-order valence-corrected chi connectivity index (χ4v) is 2.18. The van der Waals surface area contributed by atoms with Crippen molar-refractivity contribution in [2.75, 3.05) is 5.32 Å². The molecule has 2 N–H and O–H groups in total. The van der Waals surface area contributed by atoms with E-state index in [0.717, 1.165) is 34.6 Å². The molecule has 1 aliphatic rings. The number of hydrogen-bond donors (Lipinski definition) is 2. The van der Waals surface area contributed by atoms with E-state index in [4.69, 9.17) is 0 Å². The predicted octanol–water partition coefficient (Wildman–Crippen LogP) is 2.03. The molecule has 3 heterocycles. The summed E-state index contributed by atoms with van der Waals surface area (Å²) in [5.41, 5.74) is 4.11. The first-order chi connectivity index (χ1) is 9.40. The second-order valence-electron chi connectivity index (χ2n) is 4.36. The van der Waals surface area contributed by atoms with Gasteiger partial charge in [-0.05, 0) is 23.3 Å². The molecule has 0 saturated carbocycles. The van der Waals surface area contributed by atoms with Crippen LogP contribution < -0.4 is 5.32 Å². The first-order valence-electron chi connectivity index (χ1n) is 5.94. The van der Waals surface area contributed by atoms with Crippen LogP contribution >= 0.6 is 0 Å². The fourth-order valence-electron chi connectivity index (χ4n) is 2.18. The van der Waals surface area contributed by atoms with Crippen molar-refractivity contribution in [3.63, 3.8) is 0 Å². The Morgan fingerprint density at radius 2 is 2.21 bits per heavy atom. The molecule has 92 valence electrons. The molecule has 0 radical (unpaired) electrons. The molecule has 0 unspecified atom stereocenters. The number of aromatic nitrogens is 4. The summed E-state index contributed by atoms with van der Waals surface area (Å²) in [5.74, 6) is 0.744. The minimum absolute atomic E-state index is 0.722. The topological polar surface area (TPSA) is 78.9 Å². The Kier molecular flexibility index (Phi) is 2.08. The molecule has 0 amide bonds. The molecular formula is C13H10N6. The van der Waals surface area contributed by atoms with Crippen LogP contribution in [-0.4, -0.2) is 26.4 Å². The van der Waals surface area contributed by atoms with Crippen molar-refractivity contribution < 1.29 is 0 Å². The first-order valence-corrected chi connectivity index (χ1v) is 5.94. The summed E-state index contributed by atoms with van der Waals surface area (Å²) in [4.78, 5) is 12.6. The van der Waals surface area contributed by atoms with Gasteiger partial charge in [0.2, 0.25) is 0 Å². The van der Waals surface area contributed by atoms with Crippen LogP contribution in [0.2, 0.25) is 0 Å². The van der Waals surface area contributed by atoms with E-state index in [0.29, 0.717) is 0 Å². The van der Waals surface area contributed by atoms with E-state index < -0.39 is 0 Å². The molecule has 3 aromatic rings. The Balaban J connectivity index is 1.75. The molecule has 4 rings (SSSR count). The maximum Gasteiger partial charge on any atom is 0.160 e. The zero-order chi connectivity index (χ0) is 12.7. The minimum atomic E-state index is 0.722. The molecular weight excluding hydrogens is 240 g/mol. The minimum Gasteiger partial charge on any atom is -0.339 e. The summed E-state index contributed by atoms with van der Waals surface area (Å²) in [6.07, 6.45) is 5.12. The lowest BCUT2D eigenvalue weighted by Crippen LogP contribution is -1.96. The van der Waals surface area contributed by atoms with Crippen molar-refractivity contribution in [3.8, 4) is 0 Å². The number of nitrogens with one attached hydrogen (secondary N) is 2. The van der Waals surface area contributed by atoms with Gasteiger partial charge in [-0.15, -0.1) is 0 Å². The lowest BCUT2D eigenvalue weighted by Gasteiger charge is -2.07. The summed E-state index contributed by atoms with van der Waals surface area (Å²) < 4.78 is 0. The molecule has 0 atom stereocenters. The number of rotatable bonds is 2. The van der Waals surface area contributed by atoms with Crippen LogP contribution in [0, 0.1) is 0 Å². The average molecular weight is 250 g/mol. The molecule has 0 aliphatic carbocycles. The van der Waals surface area contributed by atoms with Crippen LogP contribution in [0.5, 0.6) is 0 Å². The third kappa shape index (κ3) is 1.65. The number of fused-ring (bicyclic) bond motifs is 2. The Morgan fingerprint density at radius 1 is 1.21 bits per heavy atom. The van der Waals surface area contributed by atoms with Crippen LogP contribution in [0.3, 0.4) is 0 Å². The second-order valence-corrected chi connectivity index (χ2v) is 4.36. The van der Waals surface area contributed by atoms with Gasteiger partial charge >= 0.3 is 0 Å². The van der Waals surface area contributed by atoms with E-state index in [1.54, 1.807) is 6.20 Å². The van der Waals surface area contributed by atoms with Crippen LogP contribution in [0.4, 0.5) is 11.5 Å². The zero-order valence-electron chi connectivity index (χ0n) is 9.96. The van der Waals surface area contributed by atoms with Crippen LogP contribution in [-0.2, 0) is 6.54 Å². The van der Waals surface area contributed by atoms with E-state index in [2.05, 4.69) is 42.6 Å². The molecule has 0 saturated heterocycles. The summed E-state index contributed by atoms with van der Waals surface area (Å²) in [7, 11) is 0. The first kappa shape index (κ1) is 10.2. The Hall–Kier alpha value is -2.76. The molecule has 2 aromatic heterocycles. The van der Waals surface area contributed by atoms with Crippen molar-refractivity contribution in [2.45, 2.75) is 6.54 Å². The smallest absolute Gasteiger partial charge is 0.160 e. The number of anilines is 2. The second kappa shape index (κ2) is 3.88. The monoisotopic (exact) mass is 250 g/mol. The Bertz CT molecular complexity index is 789. The average Bonchev–Trinajstić information content (AvgIpc) is 3.06. The molecule has 1 aromatic carbocycles. The largest absolute Gasteiger partial charge is 0.339 e. The molecule has 6 heteroatoms. The molecule has 1 aliphatic heterocycles. The normalized spacial score (nSPS) is 12.8. The van der Waals surface area contributed by atoms with Gasteiger partial charge in [0.25, 0.3) is 0 Å². The van der Waals surface area contributed by atoms with E-state index in [1.165, 1.54) is 11.9 Å². The number of hydrogen-bond acceptors (Lipinski definition) is 5. The molecule has 0 bridgehead atoms. The number of H-pyrrole nitrogens is 1. The van der Waals surface area contributed by atoms with Gasteiger partial charge in [0, 0.05) is 11.9 Å². The van der Waals surface area contributed by atoms with Crippen LogP contribution in [0.25, 0.3) is 11.0 Å². The number of aliphatic imine (C=N–C) groups is 1. The zero-order valence-corrected chi connectivity index (χ0v) is 9.96. The van der Waals surface area contributed by atoms with Crippen molar-refractivity contribution in [3.05, 3.63) is 41.9 Å². The summed E-state index contributed by atoms with van der Waals surface area (Å²) >= 11 is 0. The van der Waals surface area contributed by atoms with Crippen molar-refractivity contribution >= 4 is 28.8 Å². The number of benzene rings is 1. The third-order valence-corrected chi connectivity index (χ3v) is 3.15. The summed E-state index contributed by atoms with van der Waals surface area (Å²) in [6.45, 7) is 0.773. The molecule has 6 nitrogen and oxygen atoms in total. The highest BCUT2D eigenvalue weighted by molar-refractivity contribution is 5.89. The highest BCUT2D eigenvalue weighted by atomic mass is 15.2. The van der Waals surface area contributed by atoms with E-state index in [-0.39, 0.29) is 0 Å². The standard InChI is InChI=1S/C13H10N6/c1-2-10(3-9-5-14-4-8(1)9)18-12-11-6-17-19-13(11)16-7-15-12/h1-3,5-7H,4H2,(H2,15,16,17,18,19). The van der Waals surface area contributed by atoms with Crippen molar-refractivity contribution in [1.82, 2.24) is 20.2 Å². The van der Waals surface area contributed by atoms with Gasteiger partial charge in [-0.25, -0.2) is 9.97 Å². The Labute approximate surface area is 108 Å². The highest BCUT2D eigenvalue weighted by Crippen LogP contribution is 2.24. The lowest BCUT2D eigenvalue weighted by atomic mass is 10.1. The van der Waals surface area contributed by atoms with Crippen LogP contribution in [0.15, 0.2) is 35.7 Å². The molecule has 19 heavy (non-hydrogen) atoms. The number of aromatic amines is 1. The molecule has 0 fully saturated rings. The van der Waals surface area contributed by atoms with Gasteiger partial charge < -0.3 is 5.32 Å². The lowest BCUT2D eigenvalue weighted by molar-refractivity contribution is 1.09. The van der Waals surface area contributed by atoms with Gasteiger partial charge in [-0.1, -0.05) is 6.07 Å². The SMILES string of the molecule is C1=NCc2ccc(Nc3ncnc4[nH]ncc34)cc21. The maximum absolute atomic E-state index is 4.25. The van der Waals surface area contributed by atoms with E-state index in [1.807, 2.05) is 12.3 Å². The van der Waals surface area contributed by atoms with Gasteiger partial charge in [0.1, 0.15) is 12.1 Å². The maximum atomic E-state index is 4.25. The molecule has 0 spiro atoms. The summed E-state index contributed by atoms with van der Waals surface area (Å²) in [6, 6.07) is 6.18. The number of nitrogens with zero attached hydrogens (tertiary/aromatic N) is 4. The van der Waals surface area contributed by atoms with Gasteiger partial charge in [-0.3, -0.25) is 10.1 Å². The van der Waals surface area contributed by atoms with Crippen LogP contribution in [0.1, 0.15) is 11.1 Å². The van der Waals surface area contributed by atoms with E-state index in [9.17, 15) is 0 Å².